The van der Waals surface area contributed by atoms with E-state index in [1.807, 2.05) is 0 Å². The van der Waals surface area contributed by atoms with Gasteiger partial charge in [-0.25, -0.2) is 19.1 Å². The summed E-state index contributed by atoms with van der Waals surface area (Å²) < 4.78 is 38.5. The van der Waals surface area contributed by atoms with E-state index in [0.29, 0.717) is 5.56 Å². The highest BCUT2D eigenvalue weighted by atomic mass is 19.2. The summed E-state index contributed by atoms with van der Waals surface area (Å²) in [7, 11) is 0. The third-order valence-corrected chi connectivity index (χ3v) is 2.21. The van der Waals surface area contributed by atoms with Gasteiger partial charge in [-0.05, 0) is 17.7 Å². The van der Waals surface area contributed by atoms with E-state index in [4.69, 9.17) is 5.90 Å². The summed E-state index contributed by atoms with van der Waals surface area (Å²) in [5.41, 5.74) is -0.381. The van der Waals surface area contributed by atoms with Gasteiger partial charge in [0.25, 0.3) is 0 Å². The van der Waals surface area contributed by atoms with Crippen LogP contribution in [0, 0.1) is 17.5 Å². The minimum Gasteiger partial charge on any atom is -0.304 e. The largest absolute Gasteiger partial charge is 0.304 e. The highest BCUT2D eigenvalue weighted by molar-refractivity contribution is 5.26. The first-order valence-electron chi connectivity index (χ1n) is 4.35. The van der Waals surface area contributed by atoms with Crippen LogP contribution in [-0.4, -0.2) is 6.61 Å². The van der Waals surface area contributed by atoms with Crippen molar-refractivity contribution in [3.8, 4) is 0 Å². The molecule has 1 aromatic rings. The number of nitrogens with two attached hydrogens (primary N) is 1. The second-order valence-electron chi connectivity index (χ2n) is 3.95. The fourth-order valence-electron chi connectivity index (χ4n) is 1.24. The van der Waals surface area contributed by atoms with Crippen LogP contribution in [0.4, 0.5) is 13.2 Å². The summed E-state index contributed by atoms with van der Waals surface area (Å²) in [5.74, 6) is 1.00. The van der Waals surface area contributed by atoms with Crippen molar-refractivity contribution in [3.05, 3.63) is 35.1 Å². The summed E-state index contributed by atoms with van der Waals surface area (Å²) in [6.45, 7) is 3.45. The van der Waals surface area contributed by atoms with Crippen molar-refractivity contribution >= 4 is 0 Å². The van der Waals surface area contributed by atoms with Gasteiger partial charge < -0.3 is 4.84 Å². The number of benzene rings is 1. The molecule has 1 aromatic carbocycles. The van der Waals surface area contributed by atoms with Crippen LogP contribution in [0.3, 0.4) is 0 Å². The topological polar surface area (TPSA) is 35.2 Å². The lowest BCUT2D eigenvalue weighted by Gasteiger charge is -2.23. The second kappa shape index (κ2) is 4.20. The number of halogens is 3. The molecule has 2 N–H and O–H groups in total. The quantitative estimate of drug-likeness (QED) is 0.625. The van der Waals surface area contributed by atoms with Gasteiger partial charge >= 0.3 is 0 Å². The molecular weight excluding hydrogens is 207 g/mol. The molecule has 0 fully saturated rings. The number of rotatable bonds is 3. The Balaban J connectivity index is 3.16. The average Bonchev–Trinajstić information content (AvgIpc) is 2.13. The summed E-state index contributed by atoms with van der Waals surface area (Å²) in [6, 6.07) is 1.88. The summed E-state index contributed by atoms with van der Waals surface area (Å²) >= 11 is 0. The predicted octanol–water partition coefficient (Wildman–Crippen LogP) is 2.27. The van der Waals surface area contributed by atoms with Gasteiger partial charge in [-0.15, -0.1) is 0 Å². The zero-order chi connectivity index (χ0) is 11.6. The third kappa shape index (κ3) is 2.49. The lowest BCUT2D eigenvalue weighted by Crippen LogP contribution is -2.26. The third-order valence-electron chi connectivity index (χ3n) is 2.21. The Morgan fingerprint density at radius 1 is 1.20 bits per heavy atom. The molecule has 2 nitrogen and oxygen atoms in total. The monoisotopic (exact) mass is 219 g/mol. The molecule has 0 atom stereocenters. The van der Waals surface area contributed by atoms with Crippen LogP contribution in [0.15, 0.2) is 12.1 Å². The van der Waals surface area contributed by atoms with Crippen LogP contribution in [-0.2, 0) is 10.3 Å². The molecule has 0 aliphatic rings. The first-order chi connectivity index (χ1) is 6.88. The maximum Gasteiger partial charge on any atom is 0.194 e. The molecule has 84 valence electrons. The fourth-order valence-corrected chi connectivity index (χ4v) is 1.24. The SMILES string of the molecule is CC(C)(CON)c1cc(F)c(F)c(F)c1. The zero-order valence-electron chi connectivity index (χ0n) is 8.48. The van der Waals surface area contributed by atoms with E-state index in [1.165, 1.54) is 0 Å². The Kier molecular flexibility index (Phi) is 3.36. The van der Waals surface area contributed by atoms with Crippen molar-refractivity contribution in [2.75, 3.05) is 6.61 Å². The maximum atomic E-state index is 12.9. The van der Waals surface area contributed by atoms with E-state index >= 15 is 0 Å². The highest BCUT2D eigenvalue weighted by Gasteiger charge is 2.24. The molecule has 0 bridgehead atoms. The van der Waals surface area contributed by atoms with Gasteiger partial charge in [-0.1, -0.05) is 13.8 Å². The van der Waals surface area contributed by atoms with Crippen LogP contribution in [0.5, 0.6) is 0 Å². The second-order valence-corrected chi connectivity index (χ2v) is 3.95. The normalized spacial score (nSPS) is 11.9. The Hall–Kier alpha value is -1.07. The van der Waals surface area contributed by atoms with Crippen molar-refractivity contribution < 1.29 is 18.0 Å². The molecule has 5 heteroatoms. The zero-order valence-corrected chi connectivity index (χ0v) is 8.48. The highest BCUT2D eigenvalue weighted by Crippen LogP contribution is 2.26. The summed E-state index contributed by atoms with van der Waals surface area (Å²) in [4.78, 5) is 4.43. The summed E-state index contributed by atoms with van der Waals surface area (Å²) in [5, 5.41) is 0. The molecule has 0 unspecified atom stereocenters. The van der Waals surface area contributed by atoms with Crippen LogP contribution in [0.2, 0.25) is 0 Å². The minimum absolute atomic E-state index is 0.0809. The van der Waals surface area contributed by atoms with Crippen molar-refractivity contribution in [2.24, 2.45) is 5.90 Å². The molecule has 0 radical (unpaired) electrons. The molecular formula is C10H12F3NO. The molecule has 0 aliphatic carbocycles. The standard InChI is InChI=1S/C10H12F3NO/c1-10(2,5-15-14)6-3-7(11)9(13)8(12)4-6/h3-4H,5,14H2,1-2H3. The van der Waals surface area contributed by atoms with E-state index in [-0.39, 0.29) is 6.61 Å². The fraction of sp³-hybridized carbons (Fsp3) is 0.400. The molecule has 0 spiro atoms. The number of hydrogen-bond donors (Lipinski definition) is 1. The Morgan fingerprint density at radius 2 is 1.67 bits per heavy atom. The van der Waals surface area contributed by atoms with Gasteiger partial charge in [0.1, 0.15) is 0 Å². The van der Waals surface area contributed by atoms with E-state index in [1.54, 1.807) is 13.8 Å². The van der Waals surface area contributed by atoms with E-state index < -0.39 is 22.9 Å². The summed E-state index contributed by atoms with van der Waals surface area (Å²) in [6.07, 6.45) is 0. The maximum absolute atomic E-state index is 12.9. The van der Waals surface area contributed by atoms with E-state index in [9.17, 15) is 13.2 Å². The molecule has 1 rings (SSSR count). The van der Waals surface area contributed by atoms with Crippen molar-refractivity contribution in [3.63, 3.8) is 0 Å². The van der Waals surface area contributed by atoms with Gasteiger partial charge in [-0.3, -0.25) is 0 Å². The van der Waals surface area contributed by atoms with Crippen molar-refractivity contribution in [1.82, 2.24) is 0 Å². The lowest BCUT2D eigenvalue weighted by atomic mass is 9.85. The smallest absolute Gasteiger partial charge is 0.194 e. The van der Waals surface area contributed by atoms with Crippen molar-refractivity contribution in [1.29, 1.82) is 0 Å². The molecule has 0 amide bonds. The van der Waals surface area contributed by atoms with Crippen LogP contribution < -0.4 is 5.90 Å². The molecule has 0 aliphatic heterocycles. The molecule has 0 aromatic heterocycles. The van der Waals surface area contributed by atoms with Crippen LogP contribution >= 0.6 is 0 Å². The van der Waals surface area contributed by atoms with Crippen LogP contribution in [0.1, 0.15) is 19.4 Å². The number of hydrogen-bond acceptors (Lipinski definition) is 2. The Morgan fingerprint density at radius 3 is 2.07 bits per heavy atom. The molecule has 0 heterocycles. The van der Waals surface area contributed by atoms with Gasteiger partial charge in [0.15, 0.2) is 17.5 Å². The van der Waals surface area contributed by atoms with Gasteiger partial charge in [-0.2, -0.15) is 0 Å². The molecule has 15 heavy (non-hydrogen) atoms. The van der Waals surface area contributed by atoms with Crippen molar-refractivity contribution in [2.45, 2.75) is 19.3 Å². The lowest BCUT2D eigenvalue weighted by molar-refractivity contribution is 0.0961. The Labute approximate surface area is 85.8 Å². The Bertz CT molecular complexity index is 343. The predicted molar refractivity (Wildman–Crippen MR) is 49.5 cm³/mol. The first kappa shape index (κ1) is 12.0. The van der Waals surface area contributed by atoms with E-state index in [0.717, 1.165) is 12.1 Å². The van der Waals surface area contributed by atoms with Gasteiger partial charge in [0.2, 0.25) is 0 Å². The first-order valence-corrected chi connectivity index (χ1v) is 4.35. The van der Waals surface area contributed by atoms with Gasteiger partial charge in [0.05, 0.1) is 6.61 Å². The average molecular weight is 219 g/mol. The van der Waals surface area contributed by atoms with Gasteiger partial charge in [0, 0.05) is 5.41 Å². The van der Waals surface area contributed by atoms with E-state index in [2.05, 4.69) is 4.84 Å². The molecule has 0 saturated carbocycles. The minimum atomic E-state index is -1.47. The molecule has 0 saturated heterocycles. The van der Waals surface area contributed by atoms with Crippen LogP contribution in [0.25, 0.3) is 0 Å².